The lowest BCUT2D eigenvalue weighted by Crippen LogP contribution is -2.49. The highest BCUT2D eigenvalue weighted by Gasteiger charge is 2.47. The number of aryl methyl sites for hydroxylation is 1. The average Bonchev–Trinajstić information content (AvgIpc) is 2.39. The van der Waals surface area contributed by atoms with Crippen LogP contribution in [0.25, 0.3) is 0 Å². The van der Waals surface area contributed by atoms with E-state index in [0.29, 0.717) is 13.1 Å². The molecule has 1 heterocycles. The first-order chi connectivity index (χ1) is 9.32. The zero-order valence-electron chi connectivity index (χ0n) is 10.9. The van der Waals surface area contributed by atoms with E-state index in [1.807, 2.05) is 0 Å². The zero-order valence-corrected chi connectivity index (χ0v) is 11.7. The van der Waals surface area contributed by atoms with Gasteiger partial charge in [0.15, 0.2) is 0 Å². The van der Waals surface area contributed by atoms with Crippen molar-refractivity contribution in [1.29, 1.82) is 0 Å². The number of nitrogens with one attached hydrogen (secondary N) is 1. The highest BCUT2D eigenvalue weighted by molar-refractivity contribution is 6.31. The topological polar surface area (TPSA) is 15.3 Å². The van der Waals surface area contributed by atoms with Gasteiger partial charge in [-0.05, 0) is 18.6 Å². The molecule has 1 N–H and O–H groups in total. The molecule has 1 aliphatic heterocycles. The summed E-state index contributed by atoms with van der Waals surface area (Å²) in [5.74, 6) is -0.877. The molecule has 112 valence electrons. The molecular weight excluding hydrogens is 296 g/mol. The summed E-state index contributed by atoms with van der Waals surface area (Å²) in [6.07, 6.45) is -4.57. The van der Waals surface area contributed by atoms with E-state index in [0.717, 1.165) is 0 Å². The highest BCUT2D eigenvalue weighted by atomic mass is 35.5. The van der Waals surface area contributed by atoms with Crippen LogP contribution < -0.4 is 5.32 Å². The van der Waals surface area contributed by atoms with Crippen molar-refractivity contribution in [3.63, 3.8) is 0 Å². The molecule has 1 fully saturated rings. The quantitative estimate of drug-likeness (QED) is 0.843. The van der Waals surface area contributed by atoms with Crippen molar-refractivity contribution in [3.8, 4) is 0 Å². The smallest absolute Gasteiger partial charge is 0.314 e. The fourth-order valence-corrected chi connectivity index (χ4v) is 2.67. The number of benzene rings is 1. The minimum absolute atomic E-state index is 0.161. The fraction of sp³-hybridized carbons (Fsp3) is 0.538. The molecule has 2 nitrogen and oxygen atoms in total. The van der Waals surface area contributed by atoms with Gasteiger partial charge in [0.25, 0.3) is 0 Å². The van der Waals surface area contributed by atoms with Crippen LogP contribution in [0.3, 0.4) is 0 Å². The molecule has 1 aromatic carbocycles. The van der Waals surface area contributed by atoms with Gasteiger partial charge < -0.3 is 5.32 Å². The Morgan fingerprint density at radius 3 is 2.40 bits per heavy atom. The standard InChI is InChI=1S/C13H15ClF4N2/c1-8-2-3-9(14)10(11(8)15)12(13(16,17)18)20-6-4-19-5-7-20/h2-3,12,19H,4-7H2,1H3/t12-/m0/s1. The molecule has 1 aliphatic rings. The largest absolute Gasteiger partial charge is 0.408 e. The van der Waals surface area contributed by atoms with E-state index in [1.165, 1.54) is 24.0 Å². The Labute approximate surface area is 119 Å². The molecule has 7 heteroatoms. The number of nitrogens with zero attached hydrogens (tertiary/aromatic N) is 1. The normalized spacial score (nSPS) is 19.1. The summed E-state index contributed by atoms with van der Waals surface area (Å²) in [6.45, 7) is 2.72. The van der Waals surface area contributed by atoms with Gasteiger partial charge >= 0.3 is 6.18 Å². The van der Waals surface area contributed by atoms with Crippen molar-refractivity contribution in [2.24, 2.45) is 0 Å². The van der Waals surface area contributed by atoms with Crippen LogP contribution in [0.4, 0.5) is 17.6 Å². The average molecular weight is 311 g/mol. The van der Waals surface area contributed by atoms with E-state index in [-0.39, 0.29) is 23.7 Å². The SMILES string of the molecule is Cc1ccc(Cl)c([C@H](N2CCNCC2)C(F)(F)F)c1F. The van der Waals surface area contributed by atoms with Crippen molar-refractivity contribution in [2.75, 3.05) is 26.2 Å². The van der Waals surface area contributed by atoms with E-state index in [4.69, 9.17) is 11.6 Å². The van der Waals surface area contributed by atoms with Crippen molar-refractivity contribution in [1.82, 2.24) is 10.2 Å². The Bertz CT molecular complexity index is 484. The first-order valence-electron chi connectivity index (χ1n) is 6.28. The van der Waals surface area contributed by atoms with Crippen LogP contribution in [-0.2, 0) is 0 Å². The molecule has 0 radical (unpaired) electrons. The highest BCUT2D eigenvalue weighted by Crippen LogP contribution is 2.42. The van der Waals surface area contributed by atoms with E-state index >= 15 is 0 Å². The molecule has 1 saturated heterocycles. The van der Waals surface area contributed by atoms with Crippen LogP contribution in [0.1, 0.15) is 17.2 Å². The number of halogens is 5. The molecular formula is C13H15ClF4N2. The first kappa shape index (κ1) is 15.5. The Hall–Kier alpha value is -0.850. The Morgan fingerprint density at radius 1 is 1.25 bits per heavy atom. The lowest BCUT2D eigenvalue weighted by Gasteiger charge is -2.36. The van der Waals surface area contributed by atoms with Gasteiger partial charge in [0.2, 0.25) is 0 Å². The number of piperazine rings is 1. The fourth-order valence-electron chi connectivity index (χ4n) is 2.42. The van der Waals surface area contributed by atoms with E-state index in [2.05, 4.69) is 5.32 Å². The van der Waals surface area contributed by atoms with Crippen molar-refractivity contribution < 1.29 is 17.6 Å². The first-order valence-corrected chi connectivity index (χ1v) is 6.66. The van der Waals surface area contributed by atoms with Gasteiger partial charge in [-0.1, -0.05) is 17.7 Å². The second kappa shape index (κ2) is 5.87. The van der Waals surface area contributed by atoms with Crippen molar-refractivity contribution >= 4 is 11.6 Å². The third-order valence-electron chi connectivity index (χ3n) is 3.42. The second-order valence-electron chi connectivity index (χ2n) is 4.82. The third-order valence-corrected chi connectivity index (χ3v) is 3.75. The van der Waals surface area contributed by atoms with Crippen LogP contribution >= 0.6 is 11.6 Å². The number of alkyl halides is 3. The van der Waals surface area contributed by atoms with Gasteiger partial charge in [-0.15, -0.1) is 0 Å². The molecule has 0 bridgehead atoms. The monoisotopic (exact) mass is 310 g/mol. The number of hydrogen-bond donors (Lipinski definition) is 1. The van der Waals surface area contributed by atoms with Crippen LogP contribution in [-0.4, -0.2) is 37.3 Å². The van der Waals surface area contributed by atoms with Crippen LogP contribution in [0.15, 0.2) is 12.1 Å². The molecule has 0 spiro atoms. The maximum absolute atomic E-state index is 14.2. The van der Waals surface area contributed by atoms with Gasteiger partial charge in [0, 0.05) is 36.8 Å². The molecule has 0 aliphatic carbocycles. The third kappa shape index (κ3) is 3.07. The minimum Gasteiger partial charge on any atom is -0.314 e. The number of rotatable bonds is 2. The van der Waals surface area contributed by atoms with Crippen LogP contribution in [0.5, 0.6) is 0 Å². The van der Waals surface area contributed by atoms with Gasteiger partial charge in [-0.2, -0.15) is 13.2 Å². The summed E-state index contributed by atoms with van der Waals surface area (Å²) < 4.78 is 54.4. The summed E-state index contributed by atoms with van der Waals surface area (Å²) in [5.41, 5.74) is -0.310. The molecule has 1 aromatic rings. The number of hydrogen-bond acceptors (Lipinski definition) is 2. The van der Waals surface area contributed by atoms with Crippen LogP contribution in [0, 0.1) is 12.7 Å². The lowest BCUT2D eigenvalue weighted by atomic mass is 10.0. The van der Waals surface area contributed by atoms with E-state index < -0.39 is 23.6 Å². The second-order valence-corrected chi connectivity index (χ2v) is 5.23. The molecule has 2 rings (SSSR count). The molecule has 0 amide bonds. The Balaban J connectivity index is 2.49. The Morgan fingerprint density at radius 2 is 1.85 bits per heavy atom. The van der Waals surface area contributed by atoms with Crippen molar-refractivity contribution in [3.05, 3.63) is 34.1 Å². The summed E-state index contributed by atoms with van der Waals surface area (Å²) in [7, 11) is 0. The molecule has 0 saturated carbocycles. The van der Waals surface area contributed by atoms with E-state index in [9.17, 15) is 17.6 Å². The van der Waals surface area contributed by atoms with Gasteiger partial charge in [-0.25, -0.2) is 4.39 Å². The Kier molecular flexibility index (Phi) is 4.56. The van der Waals surface area contributed by atoms with Gasteiger partial charge in [0.1, 0.15) is 11.9 Å². The zero-order chi connectivity index (χ0) is 14.9. The molecule has 0 unspecified atom stereocenters. The van der Waals surface area contributed by atoms with E-state index in [1.54, 1.807) is 0 Å². The molecule has 20 heavy (non-hydrogen) atoms. The maximum Gasteiger partial charge on any atom is 0.408 e. The van der Waals surface area contributed by atoms with Crippen molar-refractivity contribution in [2.45, 2.75) is 19.1 Å². The van der Waals surface area contributed by atoms with Gasteiger partial charge in [0.05, 0.1) is 0 Å². The summed E-state index contributed by atoms with van der Waals surface area (Å²) in [4.78, 5) is 1.22. The summed E-state index contributed by atoms with van der Waals surface area (Å²) >= 11 is 5.84. The van der Waals surface area contributed by atoms with Crippen LogP contribution in [0.2, 0.25) is 5.02 Å². The molecule has 1 atom stereocenters. The lowest BCUT2D eigenvalue weighted by molar-refractivity contribution is -0.188. The molecule has 0 aromatic heterocycles. The van der Waals surface area contributed by atoms with Gasteiger partial charge in [-0.3, -0.25) is 4.90 Å². The predicted molar refractivity (Wildman–Crippen MR) is 69.4 cm³/mol. The maximum atomic E-state index is 14.2. The summed E-state index contributed by atoms with van der Waals surface area (Å²) in [5, 5.41) is 2.79. The predicted octanol–water partition coefficient (Wildman–Crippen LogP) is 3.30. The summed E-state index contributed by atoms with van der Waals surface area (Å²) in [6, 6.07) is 0.694. The minimum atomic E-state index is -4.57.